The van der Waals surface area contributed by atoms with Crippen molar-refractivity contribution in [3.63, 3.8) is 0 Å². The summed E-state index contributed by atoms with van der Waals surface area (Å²) in [5.74, 6) is 0.497. The van der Waals surface area contributed by atoms with Crippen molar-refractivity contribution in [1.29, 1.82) is 0 Å². The van der Waals surface area contributed by atoms with Crippen LogP contribution in [0.25, 0.3) is 0 Å². The lowest BCUT2D eigenvalue weighted by Gasteiger charge is -2.19. The highest BCUT2D eigenvalue weighted by atomic mass is 32.2. The third-order valence-corrected chi connectivity index (χ3v) is 6.83. The molecule has 0 aliphatic carbocycles. The number of amides is 1. The molecule has 2 atom stereocenters. The molecule has 0 saturated heterocycles. The van der Waals surface area contributed by atoms with Crippen molar-refractivity contribution in [2.24, 2.45) is 0 Å². The monoisotopic (exact) mass is 426 g/mol. The molecule has 0 aliphatic rings. The number of hydrogen-bond donors (Lipinski definition) is 2. The summed E-state index contributed by atoms with van der Waals surface area (Å²) in [5, 5.41) is 10.5. The average Bonchev–Trinajstić information content (AvgIpc) is 3.10. The number of rotatable bonds is 10. The molecule has 1 heterocycles. The molecule has 0 aliphatic heterocycles. The molecular weight excluding hydrogens is 404 g/mol. The lowest BCUT2D eigenvalue weighted by atomic mass is 10.2. The van der Waals surface area contributed by atoms with Gasteiger partial charge in [-0.05, 0) is 12.0 Å². The van der Waals surface area contributed by atoms with Crippen LogP contribution in [0.5, 0.6) is 0 Å². The van der Waals surface area contributed by atoms with Crippen LogP contribution in [0.2, 0.25) is 0 Å². The molecule has 7 nitrogen and oxygen atoms in total. The van der Waals surface area contributed by atoms with E-state index in [9.17, 15) is 9.59 Å². The zero-order valence-electron chi connectivity index (χ0n) is 15.1. The number of carbonyl (C=O) groups excluding carboxylic acids is 2. The number of esters is 1. The molecule has 1 aromatic carbocycles. The van der Waals surface area contributed by atoms with Gasteiger partial charge in [0.1, 0.15) is 6.04 Å². The quantitative estimate of drug-likeness (QED) is 0.441. The highest BCUT2D eigenvalue weighted by molar-refractivity contribution is 8.02. The van der Waals surface area contributed by atoms with E-state index in [0.717, 1.165) is 11.3 Å². The smallest absolute Gasteiger partial charge is 0.329 e. The number of nitrogens with one attached hydrogen (secondary N) is 1. The van der Waals surface area contributed by atoms with Crippen molar-refractivity contribution in [2.75, 3.05) is 18.6 Å². The molecule has 10 heteroatoms. The molecule has 146 valence electrons. The van der Waals surface area contributed by atoms with Crippen LogP contribution in [0.4, 0.5) is 5.13 Å². The first kappa shape index (κ1) is 21.5. The molecule has 2 rings (SSSR count). The first-order chi connectivity index (χ1) is 13.0. The Hall–Kier alpha value is -1.78. The first-order valence-corrected chi connectivity index (χ1v) is 11.1. The van der Waals surface area contributed by atoms with Crippen LogP contribution in [0.3, 0.4) is 0 Å². The van der Waals surface area contributed by atoms with Crippen molar-refractivity contribution in [1.82, 2.24) is 15.5 Å². The largest absolute Gasteiger partial charge is 0.467 e. The molecule has 1 amide bonds. The fraction of sp³-hybridized carbons (Fsp3) is 0.412. The minimum atomic E-state index is -0.703. The number of carbonyl (C=O) groups is 2. The van der Waals surface area contributed by atoms with E-state index in [1.807, 2.05) is 37.3 Å². The summed E-state index contributed by atoms with van der Waals surface area (Å²) < 4.78 is 5.47. The van der Waals surface area contributed by atoms with E-state index >= 15 is 0 Å². The van der Waals surface area contributed by atoms with E-state index in [-0.39, 0.29) is 11.2 Å². The van der Waals surface area contributed by atoms with E-state index in [1.165, 1.54) is 30.2 Å². The fourth-order valence-electron chi connectivity index (χ4n) is 2.16. The summed E-state index contributed by atoms with van der Waals surface area (Å²) >= 11 is 4.09. The van der Waals surface area contributed by atoms with E-state index in [4.69, 9.17) is 10.5 Å². The molecule has 0 radical (unpaired) electrons. The summed E-state index contributed by atoms with van der Waals surface area (Å²) in [6.45, 7) is 1.90. The topological polar surface area (TPSA) is 107 Å². The van der Waals surface area contributed by atoms with Crippen LogP contribution in [0.15, 0.2) is 34.7 Å². The van der Waals surface area contributed by atoms with E-state index in [2.05, 4.69) is 15.5 Å². The number of hydrogen-bond acceptors (Lipinski definition) is 9. The SMILES string of the molecule is CCC(Sc1nnc(N)s1)C(=O)NC(CSCc1ccccc1)C(=O)OC. The van der Waals surface area contributed by atoms with Gasteiger partial charge in [-0.1, -0.05) is 60.4 Å². The number of nitrogens with two attached hydrogens (primary N) is 1. The Kier molecular flexibility index (Phi) is 8.89. The first-order valence-electron chi connectivity index (χ1n) is 8.29. The third kappa shape index (κ3) is 7.04. The maximum absolute atomic E-state index is 12.6. The average molecular weight is 427 g/mol. The second-order valence-corrected chi connectivity index (χ2v) is 9.00. The van der Waals surface area contributed by atoms with Crippen LogP contribution in [-0.2, 0) is 20.1 Å². The number of methoxy groups -OCH3 is 1. The Balaban J connectivity index is 1.92. The van der Waals surface area contributed by atoms with Gasteiger partial charge in [0.2, 0.25) is 11.0 Å². The molecule has 0 saturated carbocycles. The number of benzene rings is 1. The predicted molar refractivity (Wildman–Crippen MR) is 111 cm³/mol. The molecule has 1 aromatic heterocycles. The number of aromatic nitrogens is 2. The molecule has 0 spiro atoms. The summed E-state index contributed by atoms with van der Waals surface area (Å²) in [5.41, 5.74) is 6.74. The highest BCUT2D eigenvalue weighted by Crippen LogP contribution is 2.29. The summed E-state index contributed by atoms with van der Waals surface area (Å²) in [4.78, 5) is 24.7. The van der Waals surface area contributed by atoms with E-state index in [1.54, 1.807) is 11.8 Å². The standard InChI is InChI=1S/C17H22N4O3S3/c1-3-13(26-17-21-20-16(18)27-17)14(22)19-12(15(23)24-2)10-25-9-11-7-5-4-6-8-11/h4-8,12-13H,3,9-10H2,1-2H3,(H2,18,20)(H,19,22). The van der Waals surface area contributed by atoms with Crippen LogP contribution in [-0.4, -0.2) is 46.2 Å². The van der Waals surface area contributed by atoms with Gasteiger partial charge in [0.15, 0.2) is 4.34 Å². The number of nitrogen functional groups attached to an aromatic ring is 1. The molecule has 2 aromatic rings. The maximum Gasteiger partial charge on any atom is 0.329 e. The Morgan fingerprint density at radius 1 is 1.30 bits per heavy atom. The minimum absolute atomic E-state index is 0.230. The van der Waals surface area contributed by atoms with Gasteiger partial charge < -0.3 is 15.8 Å². The van der Waals surface area contributed by atoms with Gasteiger partial charge in [-0.15, -0.1) is 10.2 Å². The van der Waals surface area contributed by atoms with Gasteiger partial charge in [-0.2, -0.15) is 11.8 Å². The number of nitrogens with zero attached hydrogens (tertiary/aromatic N) is 2. The van der Waals surface area contributed by atoms with Gasteiger partial charge in [0.05, 0.1) is 12.4 Å². The summed E-state index contributed by atoms with van der Waals surface area (Å²) in [6, 6.07) is 9.24. The van der Waals surface area contributed by atoms with Crippen LogP contribution < -0.4 is 11.1 Å². The lowest BCUT2D eigenvalue weighted by molar-refractivity contribution is -0.144. The van der Waals surface area contributed by atoms with Gasteiger partial charge in [0, 0.05) is 11.5 Å². The fourth-order valence-corrected chi connectivity index (χ4v) is 4.97. The number of thioether (sulfide) groups is 2. The van der Waals surface area contributed by atoms with Crippen molar-refractivity contribution in [3.05, 3.63) is 35.9 Å². The molecule has 3 N–H and O–H groups in total. The van der Waals surface area contributed by atoms with Gasteiger partial charge in [0.25, 0.3) is 0 Å². The van der Waals surface area contributed by atoms with Crippen molar-refractivity contribution >= 4 is 51.9 Å². The van der Waals surface area contributed by atoms with E-state index < -0.39 is 12.0 Å². The summed E-state index contributed by atoms with van der Waals surface area (Å²) in [7, 11) is 1.32. The Bertz CT molecular complexity index is 742. The van der Waals surface area contributed by atoms with Crippen LogP contribution >= 0.6 is 34.9 Å². The van der Waals surface area contributed by atoms with Crippen molar-refractivity contribution in [2.45, 2.75) is 34.7 Å². The van der Waals surface area contributed by atoms with Crippen LogP contribution in [0, 0.1) is 0 Å². The van der Waals surface area contributed by atoms with Gasteiger partial charge in [-0.25, -0.2) is 4.79 Å². The molecule has 27 heavy (non-hydrogen) atoms. The molecular formula is C17H22N4O3S3. The zero-order valence-corrected chi connectivity index (χ0v) is 17.5. The second-order valence-electron chi connectivity index (χ2n) is 5.51. The van der Waals surface area contributed by atoms with Crippen molar-refractivity contribution in [3.8, 4) is 0 Å². The minimum Gasteiger partial charge on any atom is -0.467 e. The Labute approximate surface area is 170 Å². The second kappa shape index (κ2) is 11.2. The van der Waals surface area contributed by atoms with Gasteiger partial charge >= 0.3 is 5.97 Å². The molecule has 0 bridgehead atoms. The van der Waals surface area contributed by atoms with Crippen LogP contribution in [0.1, 0.15) is 18.9 Å². The summed E-state index contributed by atoms with van der Waals surface area (Å²) in [6.07, 6.45) is 0.584. The van der Waals surface area contributed by atoms with E-state index in [0.29, 0.717) is 21.6 Å². The number of ether oxygens (including phenoxy) is 1. The highest BCUT2D eigenvalue weighted by Gasteiger charge is 2.26. The Morgan fingerprint density at radius 2 is 2.04 bits per heavy atom. The lowest BCUT2D eigenvalue weighted by Crippen LogP contribution is -2.46. The Morgan fingerprint density at radius 3 is 2.63 bits per heavy atom. The predicted octanol–water partition coefficient (Wildman–Crippen LogP) is 2.58. The third-order valence-electron chi connectivity index (χ3n) is 3.53. The normalized spacial score (nSPS) is 13.0. The number of anilines is 1. The maximum atomic E-state index is 12.6. The molecule has 0 fully saturated rings. The zero-order chi connectivity index (χ0) is 19.6. The molecule has 2 unspecified atom stereocenters. The van der Waals surface area contributed by atoms with Crippen molar-refractivity contribution < 1.29 is 14.3 Å². The van der Waals surface area contributed by atoms with Gasteiger partial charge in [-0.3, -0.25) is 4.79 Å².